The number of nitrogens with zero attached hydrogens (tertiary/aromatic N) is 2. The number of anilines is 1. The molecule has 0 atom stereocenters. The van der Waals surface area contributed by atoms with Gasteiger partial charge in [-0.3, -0.25) is 14.2 Å². The first-order chi connectivity index (χ1) is 17.0. The van der Waals surface area contributed by atoms with Crippen molar-refractivity contribution in [1.82, 2.24) is 9.55 Å². The molecule has 0 saturated heterocycles. The maximum atomic E-state index is 13.8. The van der Waals surface area contributed by atoms with E-state index in [-0.39, 0.29) is 17.2 Å². The molecule has 2 aromatic heterocycles. The molecule has 0 aliphatic heterocycles. The van der Waals surface area contributed by atoms with Crippen LogP contribution in [0.3, 0.4) is 0 Å². The smallest absolute Gasteiger partial charge is 0.267 e. The fourth-order valence-corrected chi connectivity index (χ4v) is 6.99. The largest absolute Gasteiger partial charge is 0.325 e. The lowest BCUT2D eigenvalue weighted by molar-refractivity contribution is -0.113. The molecule has 1 aliphatic carbocycles. The maximum Gasteiger partial charge on any atom is 0.267 e. The molecule has 2 aromatic carbocycles. The van der Waals surface area contributed by atoms with Gasteiger partial charge in [-0.15, -0.1) is 11.3 Å². The molecule has 0 unspecified atom stereocenters. The second-order valence-electron chi connectivity index (χ2n) is 8.70. The van der Waals surface area contributed by atoms with Crippen LogP contribution < -0.4 is 10.9 Å². The van der Waals surface area contributed by atoms with E-state index in [4.69, 9.17) is 4.98 Å². The predicted octanol–water partition coefficient (Wildman–Crippen LogP) is 6.69. The van der Waals surface area contributed by atoms with Crippen LogP contribution in [0.5, 0.6) is 0 Å². The first-order valence-electron chi connectivity index (χ1n) is 11.8. The number of rotatable bonds is 6. The molecule has 0 bridgehead atoms. The normalized spacial score (nSPS) is 13.1. The van der Waals surface area contributed by atoms with Crippen LogP contribution in [-0.2, 0) is 24.1 Å². The molecule has 2 heterocycles. The zero-order valence-corrected chi connectivity index (χ0v) is 22.9. The number of amides is 1. The predicted molar refractivity (Wildman–Crippen MR) is 149 cm³/mol. The van der Waals surface area contributed by atoms with E-state index in [1.807, 2.05) is 49.4 Å². The van der Waals surface area contributed by atoms with Gasteiger partial charge in [0.05, 0.1) is 16.8 Å². The minimum atomic E-state index is -0.110. The van der Waals surface area contributed by atoms with Crippen LogP contribution in [0, 0.1) is 6.92 Å². The Hall–Kier alpha value is -2.42. The Kier molecular flexibility index (Phi) is 7.14. The molecule has 180 valence electrons. The lowest BCUT2D eigenvalue weighted by Crippen LogP contribution is -2.23. The van der Waals surface area contributed by atoms with E-state index in [1.54, 1.807) is 15.9 Å². The lowest BCUT2D eigenvalue weighted by Gasteiger charge is -2.15. The van der Waals surface area contributed by atoms with E-state index in [9.17, 15) is 9.59 Å². The molecule has 1 N–H and O–H groups in total. The number of thioether (sulfide) groups is 1. The number of halogens is 1. The number of aromatic nitrogens is 2. The highest BCUT2D eigenvalue weighted by atomic mass is 79.9. The molecule has 8 heteroatoms. The minimum Gasteiger partial charge on any atom is -0.325 e. The Morgan fingerprint density at radius 2 is 1.94 bits per heavy atom. The number of para-hydroxylation sites is 1. The Balaban J connectivity index is 1.52. The standard InChI is InChI=1S/C27H26BrN3O2S2/c1-3-17-8-6-7-16(2)24(17)29-22(32)15-34-27-30-25-23(20-9-4-5-10-21(20)35-25)26(33)31(27)19-13-11-18(28)12-14-19/h6-8,11-14H,3-5,9-10,15H2,1-2H3,(H,29,32). The highest BCUT2D eigenvalue weighted by molar-refractivity contribution is 9.10. The van der Waals surface area contributed by atoms with Crippen molar-refractivity contribution in [3.05, 3.63) is 78.9 Å². The van der Waals surface area contributed by atoms with E-state index in [1.165, 1.54) is 22.2 Å². The highest BCUT2D eigenvalue weighted by Gasteiger charge is 2.23. The Labute approximate surface area is 221 Å². The Morgan fingerprint density at radius 1 is 1.17 bits per heavy atom. The summed E-state index contributed by atoms with van der Waals surface area (Å²) in [5, 5.41) is 4.36. The Bertz CT molecular complexity index is 1470. The fraction of sp³-hybridized carbons (Fsp3) is 0.296. The summed E-state index contributed by atoms with van der Waals surface area (Å²) in [7, 11) is 0. The molecular weight excluding hydrogens is 542 g/mol. The van der Waals surface area contributed by atoms with E-state index < -0.39 is 0 Å². The lowest BCUT2D eigenvalue weighted by atomic mass is 9.97. The van der Waals surface area contributed by atoms with Crippen molar-refractivity contribution < 1.29 is 4.79 Å². The number of hydrogen-bond acceptors (Lipinski definition) is 5. The van der Waals surface area contributed by atoms with Gasteiger partial charge in [0.15, 0.2) is 5.16 Å². The third kappa shape index (κ3) is 4.84. The van der Waals surface area contributed by atoms with Crippen LogP contribution in [-0.4, -0.2) is 21.2 Å². The Morgan fingerprint density at radius 3 is 2.71 bits per heavy atom. The zero-order chi connectivity index (χ0) is 24.5. The topological polar surface area (TPSA) is 64.0 Å². The van der Waals surface area contributed by atoms with Crippen molar-refractivity contribution in [3.8, 4) is 5.69 Å². The van der Waals surface area contributed by atoms with Gasteiger partial charge in [-0.2, -0.15) is 0 Å². The average Bonchev–Trinajstić information content (AvgIpc) is 3.23. The summed E-state index contributed by atoms with van der Waals surface area (Å²) in [5.74, 6) is 0.0537. The maximum absolute atomic E-state index is 13.8. The van der Waals surface area contributed by atoms with Crippen molar-refractivity contribution >= 4 is 60.8 Å². The number of benzene rings is 2. The summed E-state index contributed by atoms with van der Waals surface area (Å²) in [5.41, 5.74) is 4.89. The van der Waals surface area contributed by atoms with Gasteiger partial charge < -0.3 is 5.32 Å². The van der Waals surface area contributed by atoms with Crippen molar-refractivity contribution in [2.24, 2.45) is 0 Å². The van der Waals surface area contributed by atoms with E-state index in [2.05, 4.69) is 28.2 Å². The summed E-state index contributed by atoms with van der Waals surface area (Å²) < 4.78 is 2.61. The van der Waals surface area contributed by atoms with Crippen LogP contribution in [0.1, 0.15) is 41.3 Å². The zero-order valence-electron chi connectivity index (χ0n) is 19.7. The van der Waals surface area contributed by atoms with Crippen molar-refractivity contribution in [3.63, 3.8) is 0 Å². The van der Waals surface area contributed by atoms with Crippen molar-refractivity contribution in [2.45, 2.75) is 51.1 Å². The fourth-order valence-electron chi connectivity index (χ4n) is 4.61. The monoisotopic (exact) mass is 567 g/mol. The molecule has 0 fully saturated rings. The second kappa shape index (κ2) is 10.3. The highest BCUT2D eigenvalue weighted by Crippen LogP contribution is 2.35. The third-order valence-corrected chi connectivity index (χ3v) is 9.03. The first-order valence-corrected chi connectivity index (χ1v) is 14.4. The van der Waals surface area contributed by atoms with Crippen LogP contribution in [0.25, 0.3) is 15.9 Å². The van der Waals surface area contributed by atoms with Gasteiger partial charge in [0, 0.05) is 15.0 Å². The van der Waals surface area contributed by atoms with Crippen molar-refractivity contribution in [2.75, 3.05) is 11.1 Å². The van der Waals surface area contributed by atoms with Gasteiger partial charge in [-0.1, -0.05) is 52.8 Å². The SMILES string of the molecule is CCc1cccc(C)c1NC(=O)CSc1nc2sc3c(c2c(=O)n1-c1ccc(Br)cc1)CCCC3. The number of hydrogen-bond donors (Lipinski definition) is 1. The number of carbonyl (C=O) groups is 1. The first kappa shape index (κ1) is 24.3. The van der Waals surface area contributed by atoms with Gasteiger partial charge in [-0.05, 0) is 80.0 Å². The van der Waals surface area contributed by atoms with Gasteiger partial charge in [0.25, 0.3) is 5.56 Å². The molecule has 5 nitrogen and oxygen atoms in total. The molecule has 0 saturated carbocycles. The molecule has 35 heavy (non-hydrogen) atoms. The van der Waals surface area contributed by atoms with Crippen LogP contribution >= 0.6 is 39.0 Å². The molecular formula is C27H26BrN3O2S2. The number of aryl methyl sites for hydroxylation is 4. The van der Waals surface area contributed by atoms with Crippen LogP contribution in [0.4, 0.5) is 5.69 Å². The van der Waals surface area contributed by atoms with E-state index in [0.717, 1.165) is 69.3 Å². The molecule has 1 amide bonds. The molecule has 1 aliphatic rings. The average molecular weight is 569 g/mol. The summed E-state index contributed by atoms with van der Waals surface area (Å²) >= 11 is 6.41. The van der Waals surface area contributed by atoms with Gasteiger partial charge in [0.2, 0.25) is 5.91 Å². The minimum absolute atomic E-state index is 0.0493. The van der Waals surface area contributed by atoms with Crippen molar-refractivity contribution in [1.29, 1.82) is 0 Å². The summed E-state index contributed by atoms with van der Waals surface area (Å²) in [4.78, 5) is 33.8. The molecule has 0 radical (unpaired) electrons. The van der Waals surface area contributed by atoms with Gasteiger partial charge >= 0.3 is 0 Å². The quantitative estimate of drug-likeness (QED) is 0.208. The molecule has 0 spiro atoms. The van der Waals surface area contributed by atoms with Gasteiger partial charge in [-0.25, -0.2) is 4.98 Å². The number of fused-ring (bicyclic) bond motifs is 3. The number of carbonyl (C=O) groups excluding carboxylic acids is 1. The third-order valence-electron chi connectivity index (χ3n) is 6.38. The van der Waals surface area contributed by atoms with Crippen LogP contribution in [0.15, 0.2) is 56.9 Å². The van der Waals surface area contributed by atoms with E-state index >= 15 is 0 Å². The second-order valence-corrected chi connectivity index (χ2v) is 11.6. The summed E-state index contributed by atoms with van der Waals surface area (Å²) in [6, 6.07) is 13.7. The molecule has 5 rings (SSSR count). The van der Waals surface area contributed by atoms with Gasteiger partial charge in [0.1, 0.15) is 4.83 Å². The summed E-state index contributed by atoms with van der Waals surface area (Å²) in [6.07, 6.45) is 5.04. The number of thiophene rings is 1. The van der Waals surface area contributed by atoms with Crippen LogP contribution in [0.2, 0.25) is 0 Å². The summed E-state index contributed by atoms with van der Waals surface area (Å²) in [6.45, 7) is 4.08. The molecule has 4 aromatic rings. The number of nitrogens with one attached hydrogen (secondary N) is 1. The van der Waals surface area contributed by atoms with E-state index in [0.29, 0.717) is 5.16 Å².